The largest absolute Gasteiger partial charge is 0.330 e. The van der Waals surface area contributed by atoms with Crippen molar-refractivity contribution in [1.82, 2.24) is 9.78 Å². The summed E-state index contributed by atoms with van der Waals surface area (Å²) in [5.74, 6) is 1.21. The zero-order chi connectivity index (χ0) is 11.3. The third-order valence-electron chi connectivity index (χ3n) is 2.08. The lowest BCUT2D eigenvalue weighted by molar-refractivity contribution is 0.528. The first-order valence-electron chi connectivity index (χ1n) is 5.22. The highest BCUT2D eigenvalue weighted by molar-refractivity contribution is 7.84. The molecule has 0 saturated carbocycles. The van der Waals surface area contributed by atoms with Gasteiger partial charge in [-0.3, -0.25) is 8.89 Å². The molecule has 5 heteroatoms. The third kappa shape index (κ3) is 4.13. The minimum Gasteiger partial charge on any atom is -0.330 e. The zero-order valence-corrected chi connectivity index (χ0v) is 10.2. The van der Waals surface area contributed by atoms with Crippen LogP contribution in [0.5, 0.6) is 0 Å². The maximum atomic E-state index is 11.6. The van der Waals surface area contributed by atoms with Crippen LogP contribution in [0.4, 0.5) is 0 Å². The van der Waals surface area contributed by atoms with E-state index in [2.05, 4.69) is 18.9 Å². The van der Waals surface area contributed by atoms with E-state index in [1.807, 2.05) is 16.9 Å². The van der Waals surface area contributed by atoms with Crippen molar-refractivity contribution in [2.75, 3.05) is 12.3 Å². The van der Waals surface area contributed by atoms with Gasteiger partial charge in [-0.25, -0.2) is 0 Å². The Morgan fingerprint density at radius 2 is 2.33 bits per heavy atom. The summed E-state index contributed by atoms with van der Waals surface area (Å²) in [6.45, 7) is 4.75. The molecule has 15 heavy (non-hydrogen) atoms. The van der Waals surface area contributed by atoms with Crippen LogP contribution in [0.3, 0.4) is 0 Å². The molecule has 2 N–H and O–H groups in total. The van der Waals surface area contributed by atoms with Gasteiger partial charge in [-0.2, -0.15) is 5.10 Å². The van der Waals surface area contributed by atoms with E-state index >= 15 is 0 Å². The van der Waals surface area contributed by atoms with Crippen LogP contribution in [0.15, 0.2) is 12.3 Å². The number of hydrogen-bond acceptors (Lipinski definition) is 3. The highest BCUT2D eigenvalue weighted by Gasteiger charge is 2.05. The average molecular weight is 229 g/mol. The van der Waals surface area contributed by atoms with E-state index in [-0.39, 0.29) is 0 Å². The zero-order valence-electron chi connectivity index (χ0n) is 9.35. The van der Waals surface area contributed by atoms with Crippen LogP contribution in [-0.4, -0.2) is 26.3 Å². The van der Waals surface area contributed by atoms with Gasteiger partial charge in [-0.1, -0.05) is 0 Å². The lowest BCUT2D eigenvalue weighted by atomic mass is 10.4. The Morgan fingerprint density at radius 3 is 2.87 bits per heavy atom. The summed E-state index contributed by atoms with van der Waals surface area (Å²) in [4.78, 5) is 0. The standard InChI is InChI=1S/C10H19N3OS/c1-9(2)13-6-4-10(12-13)8-15(14)7-3-5-11/h4,6,9H,3,5,7-8,11H2,1-2H3. The van der Waals surface area contributed by atoms with E-state index in [1.54, 1.807) is 0 Å². The summed E-state index contributed by atoms with van der Waals surface area (Å²) in [6, 6.07) is 2.29. The molecular weight excluding hydrogens is 210 g/mol. The van der Waals surface area contributed by atoms with Crippen molar-refractivity contribution in [2.24, 2.45) is 5.73 Å². The molecule has 1 unspecified atom stereocenters. The Balaban J connectivity index is 2.46. The molecule has 86 valence electrons. The van der Waals surface area contributed by atoms with Crippen molar-refractivity contribution in [3.63, 3.8) is 0 Å². The molecular formula is C10H19N3OS. The number of aromatic nitrogens is 2. The van der Waals surface area contributed by atoms with Gasteiger partial charge in [0.05, 0.1) is 11.4 Å². The lowest BCUT2D eigenvalue weighted by Crippen LogP contribution is -2.08. The molecule has 1 rings (SSSR count). The van der Waals surface area contributed by atoms with Gasteiger partial charge < -0.3 is 5.73 Å². The van der Waals surface area contributed by atoms with E-state index in [0.29, 0.717) is 24.1 Å². The fraction of sp³-hybridized carbons (Fsp3) is 0.700. The SMILES string of the molecule is CC(C)n1ccc(CS(=O)CCCN)n1. The topological polar surface area (TPSA) is 60.9 Å². The quantitative estimate of drug-likeness (QED) is 0.793. The first-order chi connectivity index (χ1) is 7.13. The van der Waals surface area contributed by atoms with Crippen molar-refractivity contribution in [1.29, 1.82) is 0 Å². The van der Waals surface area contributed by atoms with Crippen molar-refractivity contribution in [2.45, 2.75) is 32.1 Å². The molecule has 1 atom stereocenters. The number of hydrogen-bond donors (Lipinski definition) is 1. The molecule has 0 aromatic carbocycles. The van der Waals surface area contributed by atoms with Gasteiger partial charge >= 0.3 is 0 Å². The van der Waals surface area contributed by atoms with Gasteiger partial charge in [0.15, 0.2) is 0 Å². The Bertz CT molecular complexity index is 322. The van der Waals surface area contributed by atoms with Gasteiger partial charge in [0, 0.05) is 28.8 Å². The summed E-state index contributed by atoms with van der Waals surface area (Å²) in [6.07, 6.45) is 2.75. The fourth-order valence-corrected chi connectivity index (χ4v) is 2.34. The van der Waals surface area contributed by atoms with Gasteiger partial charge in [-0.15, -0.1) is 0 Å². The second kappa shape index (κ2) is 6.02. The second-order valence-electron chi connectivity index (χ2n) is 3.81. The normalized spacial score (nSPS) is 13.3. The highest BCUT2D eigenvalue weighted by atomic mass is 32.2. The number of rotatable bonds is 6. The highest BCUT2D eigenvalue weighted by Crippen LogP contribution is 2.06. The monoisotopic (exact) mass is 229 g/mol. The van der Waals surface area contributed by atoms with E-state index < -0.39 is 10.8 Å². The van der Waals surface area contributed by atoms with Gasteiger partial charge in [-0.05, 0) is 32.9 Å². The van der Waals surface area contributed by atoms with Crippen LogP contribution >= 0.6 is 0 Å². The molecule has 1 heterocycles. The Morgan fingerprint density at radius 1 is 1.60 bits per heavy atom. The molecule has 0 radical (unpaired) electrons. The van der Waals surface area contributed by atoms with Crippen molar-refractivity contribution < 1.29 is 4.21 Å². The summed E-state index contributed by atoms with van der Waals surface area (Å²) >= 11 is 0. The summed E-state index contributed by atoms with van der Waals surface area (Å²) in [5, 5.41) is 4.35. The van der Waals surface area contributed by atoms with Gasteiger partial charge in [0.25, 0.3) is 0 Å². The van der Waals surface area contributed by atoms with Crippen molar-refractivity contribution >= 4 is 10.8 Å². The minimum atomic E-state index is -0.827. The van der Waals surface area contributed by atoms with Gasteiger partial charge in [0.2, 0.25) is 0 Å². The fourth-order valence-electron chi connectivity index (χ4n) is 1.22. The first-order valence-corrected chi connectivity index (χ1v) is 6.71. The molecule has 0 amide bonds. The van der Waals surface area contributed by atoms with Crippen LogP contribution in [0.2, 0.25) is 0 Å². The second-order valence-corrected chi connectivity index (χ2v) is 5.39. The average Bonchev–Trinajstić information content (AvgIpc) is 2.63. The van der Waals surface area contributed by atoms with Crippen molar-refractivity contribution in [3.8, 4) is 0 Å². The molecule has 0 aliphatic rings. The molecule has 0 aliphatic heterocycles. The van der Waals surface area contributed by atoms with Gasteiger partial charge in [0.1, 0.15) is 0 Å². The minimum absolute atomic E-state index is 0.358. The smallest absolute Gasteiger partial charge is 0.0749 e. The molecule has 0 spiro atoms. The summed E-state index contributed by atoms with van der Waals surface area (Å²) in [5.41, 5.74) is 6.26. The molecule has 0 aliphatic carbocycles. The van der Waals surface area contributed by atoms with Crippen molar-refractivity contribution in [3.05, 3.63) is 18.0 Å². The molecule has 0 saturated heterocycles. The maximum absolute atomic E-state index is 11.6. The van der Waals surface area contributed by atoms with Crippen LogP contribution < -0.4 is 5.73 Å². The molecule has 1 aromatic rings. The first kappa shape index (κ1) is 12.4. The van der Waals surface area contributed by atoms with Crippen LogP contribution in [0.25, 0.3) is 0 Å². The van der Waals surface area contributed by atoms with Crippen LogP contribution in [-0.2, 0) is 16.6 Å². The van der Waals surface area contributed by atoms with E-state index in [1.165, 1.54) is 0 Å². The summed E-state index contributed by atoms with van der Waals surface area (Å²) in [7, 11) is -0.827. The molecule has 0 fully saturated rings. The summed E-state index contributed by atoms with van der Waals surface area (Å²) < 4.78 is 13.4. The number of nitrogens with two attached hydrogens (primary N) is 1. The third-order valence-corrected chi connectivity index (χ3v) is 3.44. The number of nitrogens with zero attached hydrogens (tertiary/aromatic N) is 2. The van der Waals surface area contributed by atoms with E-state index in [4.69, 9.17) is 5.73 Å². The Labute approximate surface area is 93.3 Å². The molecule has 0 bridgehead atoms. The molecule has 1 aromatic heterocycles. The van der Waals surface area contributed by atoms with Crippen LogP contribution in [0.1, 0.15) is 32.0 Å². The Kier molecular flexibility index (Phi) is 4.98. The van der Waals surface area contributed by atoms with Crippen LogP contribution in [0, 0.1) is 0 Å². The van der Waals surface area contributed by atoms with E-state index in [9.17, 15) is 4.21 Å². The Hall–Kier alpha value is -0.680. The molecule has 4 nitrogen and oxygen atoms in total. The maximum Gasteiger partial charge on any atom is 0.0749 e. The lowest BCUT2D eigenvalue weighted by Gasteiger charge is -2.03. The van der Waals surface area contributed by atoms with E-state index in [0.717, 1.165) is 12.1 Å². The predicted octanol–water partition coefficient (Wildman–Crippen LogP) is 1.06. The predicted molar refractivity (Wildman–Crippen MR) is 63.0 cm³/mol.